The van der Waals surface area contributed by atoms with Gasteiger partial charge in [0, 0.05) is 33.9 Å². The molecule has 6 heteroatoms. The minimum absolute atomic E-state index is 0.0714. The number of nitrogens with one attached hydrogen (secondary N) is 1. The Morgan fingerprint density at radius 1 is 1.26 bits per heavy atom. The molecule has 1 N–H and O–H groups in total. The van der Waals surface area contributed by atoms with E-state index in [1.807, 2.05) is 11.4 Å². The van der Waals surface area contributed by atoms with Gasteiger partial charge in [0.15, 0.2) is 11.6 Å². The van der Waals surface area contributed by atoms with Crippen molar-refractivity contribution in [2.24, 2.45) is 0 Å². The van der Waals surface area contributed by atoms with Crippen LogP contribution in [-0.2, 0) is 6.54 Å². The zero-order chi connectivity index (χ0) is 13.7. The lowest BCUT2D eigenvalue weighted by molar-refractivity contribution is 0.297. The van der Waals surface area contributed by atoms with Crippen LogP contribution in [0.3, 0.4) is 0 Å². The van der Waals surface area contributed by atoms with E-state index in [2.05, 4.69) is 21.2 Å². The molecular weight excluding hydrogens is 336 g/mol. The molecule has 0 radical (unpaired) electrons. The molecule has 1 aromatic heterocycles. The molecule has 0 saturated heterocycles. The predicted molar refractivity (Wildman–Crippen MR) is 75.6 cm³/mol. The van der Waals surface area contributed by atoms with Crippen molar-refractivity contribution in [3.63, 3.8) is 0 Å². The Bertz CT molecular complexity index is 547. The smallest absolute Gasteiger partial charge is 0.167 e. The molecule has 2 nitrogen and oxygen atoms in total. The average molecular weight is 348 g/mol. The van der Waals surface area contributed by atoms with Crippen molar-refractivity contribution in [2.45, 2.75) is 6.54 Å². The molecule has 0 atom stereocenters. The highest BCUT2D eigenvalue weighted by molar-refractivity contribution is 9.10. The topological polar surface area (TPSA) is 21.3 Å². The number of hydrogen-bond acceptors (Lipinski definition) is 3. The first-order chi connectivity index (χ1) is 9.15. The van der Waals surface area contributed by atoms with Crippen LogP contribution in [0.25, 0.3) is 0 Å². The van der Waals surface area contributed by atoms with Crippen LogP contribution in [0.4, 0.5) is 8.78 Å². The Labute approximate surface area is 122 Å². The summed E-state index contributed by atoms with van der Waals surface area (Å²) in [5.74, 6) is -1.21. The maximum absolute atomic E-state index is 13.2. The summed E-state index contributed by atoms with van der Waals surface area (Å²) in [5.41, 5.74) is 0. The molecule has 2 rings (SSSR count). The maximum Gasteiger partial charge on any atom is 0.167 e. The summed E-state index contributed by atoms with van der Waals surface area (Å²) in [6.07, 6.45) is 0. The van der Waals surface area contributed by atoms with Gasteiger partial charge in [-0.2, -0.15) is 0 Å². The summed E-state index contributed by atoms with van der Waals surface area (Å²) >= 11 is 5.04. The highest BCUT2D eigenvalue weighted by Crippen LogP contribution is 2.19. The van der Waals surface area contributed by atoms with E-state index in [-0.39, 0.29) is 5.75 Å². The molecule has 102 valence electrons. The third-order valence-corrected chi connectivity index (χ3v) is 4.05. The SMILES string of the molecule is Fc1ccc(OCCNCc2cc(Br)cs2)c(F)c1. The quantitative estimate of drug-likeness (QED) is 0.798. The number of hydrogen-bond donors (Lipinski definition) is 1. The molecule has 0 aliphatic heterocycles. The van der Waals surface area contributed by atoms with E-state index in [0.29, 0.717) is 13.2 Å². The summed E-state index contributed by atoms with van der Waals surface area (Å²) in [6, 6.07) is 5.32. The lowest BCUT2D eigenvalue weighted by atomic mass is 10.3. The first-order valence-electron chi connectivity index (χ1n) is 5.66. The number of rotatable bonds is 6. The van der Waals surface area contributed by atoms with Gasteiger partial charge >= 0.3 is 0 Å². The van der Waals surface area contributed by atoms with Crippen molar-refractivity contribution in [3.8, 4) is 5.75 Å². The predicted octanol–water partition coefficient (Wildman–Crippen LogP) is 3.96. The monoisotopic (exact) mass is 347 g/mol. The minimum Gasteiger partial charge on any atom is -0.489 e. The van der Waals surface area contributed by atoms with Gasteiger partial charge < -0.3 is 10.1 Å². The van der Waals surface area contributed by atoms with Crippen molar-refractivity contribution < 1.29 is 13.5 Å². The van der Waals surface area contributed by atoms with Crippen molar-refractivity contribution in [2.75, 3.05) is 13.2 Å². The van der Waals surface area contributed by atoms with Gasteiger partial charge in [0.25, 0.3) is 0 Å². The fraction of sp³-hybridized carbons (Fsp3) is 0.231. The highest BCUT2D eigenvalue weighted by Gasteiger charge is 2.04. The van der Waals surface area contributed by atoms with E-state index in [0.717, 1.165) is 17.1 Å². The molecule has 1 aromatic carbocycles. The van der Waals surface area contributed by atoms with Crippen molar-refractivity contribution >= 4 is 27.3 Å². The molecule has 0 aliphatic carbocycles. The molecule has 0 bridgehead atoms. The molecular formula is C13H12BrF2NOS. The largest absolute Gasteiger partial charge is 0.489 e. The Morgan fingerprint density at radius 3 is 2.79 bits per heavy atom. The van der Waals surface area contributed by atoms with Crippen LogP contribution in [0, 0.1) is 11.6 Å². The normalized spacial score (nSPS) is 10.7. The van der Waals surface area contributed by atoms with Crippen LogP contribution in [0.1, 0.15) is 4.88 Å². The summed E-state index contributed by atoms with van der Waals surface area (Å²) in [6.45, 7) is 1.66. The van der Waals surface area contributed by atoms with Crippen LogP contribution in [-0.4, -0.2) is 13.2 Å². The molecule has 0 aliphatic rings. The van der Waals surface area contributed by atoms with E-state index in [1.165, 1.54) is 17.0 Å². The van der Waals surface area contributed by atoms with Crippen LogP contribution in [0.15, 0.2) is 34.1 Å². The first kappa shape index (κ1) is 14.4. The third kappa shape index (κ3) is 4.56. The third-order valence-electron chi connectivity index (χ3n) is 2.35. The Morgan fingerprint density at radius 2 is 2.11 bits per heavy atom. The van der Waals surface area contributed by atoms with Gasteiger partial charge in [0.05, 0.1) is 0 Å². The summed E-state index contributed by atoms with van der Waals surface area (Å²) in [4.78, 5) is 1.21. The molecule has 1 heterocycles. The average Bonchev–Trinajstić information content (AvgIpc) is 2.77. The molecule has 0 saturated carbocycles. The number of thiophene rings is 1. The number of benzene rings is 1. The molecule has 0 unspecified atom stereocenters. The molecule has 19 heavy (non-hydrogen) atoms. The van der Waals surface area contributed by atoms with Gasteiger partial charge in [0.2, 0.25) is 0 Å². The zero-order valence-electron chi connectivity index (χ0n) is 9.96. The highest BCUT2D eigenvalue weighted by atomic mass is 79.9. The van der Waals surface area contributed by atoms with E-state index < -0.39 is 11.6 Å². The van der Waals surface area contributed by atoms with Crippen LogP contribution < -0.4 is 10.1 Å². The van der Waals surface area contributed by atoms with E-state index in [1.54, 1.807) is 11.3 Å². The molecule has 0 amide bonds. The fourth-order valence-corrected chi connectivity index (χ4v) is 2.90. The Balaban J connectivity index is 1.69. The van der Waals surface area contributed by atoms with E-state index in [9.17, 15) is 8.78 Å². The standard InChI is InChI=1S/C13H12BrF2NOS/c14-9-5-11(19-8-9)7-17-3-4-18-13-2-1-10(15)6-12(13)16/h1-2,5-6,8,17H,3-4,7H2. The van der Waals surface area contributed by atoms with Crippen molar-refractivity contribution in [3.05, 3.63) is 50.6 Å². The van der Waals surface area contributed by atoms with Crippen molar-refractivity contribution in [1.29, 1.82) is 0 Å². The summed E-state index contributed by atoms with van der Waals surface area (Å²) < 4.78 is 32.2. The number of ether oxygens (including phenoxy) is 1. The van der Waals surface area contributed by atoms with Crippen LogP contribution in [0.5, 0.6) is 5.75 Å². The molecule has 2 aromatic rings. The Hall–Kier alpha value is -0.980. The van der Waals surface area contributed by atoms with Gasteiger partial charge in [0.1, 0.15) is 12.4 Å². The van der Waals surface area contributed by atoms with Gasteiger partial charge in [-0.1, -0.05) is 0 Å². The van der Waals surface area contributed by atoms with Crippen LogP contribution >= 0.6 is 27.3 Å². The second-order valence-corrected chi connectivity index (χ2v) is 5.74. The fourth-order valence-electron chi connectivity index (χ4n) is 1.48. The van der Waals surface area contributed by atoms with Crippen molar-refractivity contribution in [1.82, 2.24) is 5.32 Å². The second kappa shape index (κ2) is 6.98. The zero-order valence-corrected chi connectivity index (χ0v) is 12.4. The first-order valence-corrected chi connectivity index (χ1v) is 7.34. The number of halogens is 3. The van der Waals surface area contributed by atoms with Crippen LogP contribution in [0.2, 0.25) is 0 Å². The van der Waals surface area contributed by atoms with Gasteiger partial charge in [-0.05, 0) is 34.1 Å². The molecule has 0 fully saturated rings. The maximum atomic E-state index is 13.2. The van der Waals surface area contributed by atoms with Gasteiger partial charge in [-0.15, -0.1) is 11.3 Å². The summed E-state index contributed by atoms with van der Waals surface area (Å²) in [7, 11) is 0. The lowest BCUT2D eigenvalue weighted by Crippen LogP contribution is -2.20. The minimum atomic E-state index is -0.679. The second-order valence-electron chi connectivity index (χ2n) is 3.83. The molecule has 0 spiro atoms. The lowest BCUT2D eigenvalue weighted by Gasteiger charge is -2.07. The van der Waals surface area contributed by atoms with Gasteiger partial charge in [-0.3, -0.25) is 0 Å². The summed E-state index contributed by atoms with van der Waals surface area (Å²) in [5, 5.41) is 5.20. The van der Waals surface area contributed by atoms with E-state index in [4.69, 9.17) is 4.74 Å². The van der Waals surface area contributed by atoms with E-state index >= 15 is 0 Å². The Kier molecular flexibility index (Phi) is 5.30. The van der Waals surface area contributed by atoms with Gasteiger partial charge in [-0.25, -0.2) is 8.78 Å².